The Labute approximate surface area is 205 Å². The molecule has 2 aromatic heterocycles. The van der Waals surface area contributed by atoms with Crippen LogP contribution >= 0.6 is 15.9 Å². The van der Waals surface area contributed by atoms with Gasteiger partial charge in [-0.05, 0) is 85.4 Å². The van der Waals surface area contributed by atoms with E-state index in [1.807, 2.05) is 77.1 Å². The quantitative estimate of drug-likeness (QED) is 0.287. The Hall–Kier alpha value is -2.35. The van der Waals surface area contributed by atoms with Gasteiger partial charge >= 0.3 is 0 Å². The second-order valence-corrected chi connectivity index (χ2v) is 12.1. The van der Waals surface area contributed by atoms with Gasteiger partial charge in [0.15, 0.2) is 5.58 Å². The third kappa shape index (κ3) is 5.26. The SMILES string of the molecule is Cc1ccc2c(-c3ccccc3[C@H](Cc3nc(Br)ccc3C)N[S@@](=O)C(C)(C)C)noc2c1. The van der Waals surface area contributed by atoms with Gasteiger partial charge in [-0.1, -0.05) is 41.6 Å². The van der Waals surface area contributed by atoms with Crippen LogP contribution in [-0.2, 0) is 17.4 Å². The van der Waals surface area contributed by atoms with Gasteiger partial charge in [-0.25, -0.2) is 13.9 Å². The second kappa shape index (κ2) is 9.49. The van der Waals surface area contributed by atoms with Crippen LogP contribution in [-0.4, -0.2) is 19.1 Å². The monoisotopic (exact) mass is 525 g/mol. The number of aromatic nitrogens is 2. The zero-order valence-electron chi connectivity index (χ0n) is 19.5. The lowest BCUT2D eigenvalue weighted by atomic mass is 9.93. The highest BCUT2D eigenvalue weighted by Gasteiger charge is 2.27. The summed E-state index contributed by atoms with van der Waals surface area (Å²) in [5.41, 5.74) is 6.66. The number of pyridine rings is 1. The molecular weight excluding hydrogens is 498 g/mol. The average molecular weight is 527 g/mol. The van der Waals surface area contributed by atoms with E-state index in [1.165, 1.54) is 0 Å². The molecular formula is C26H28BrN3O2S. The normalized spacial score (nSPS) is 13.9. The van der Waals surface area contributed by atoms with E-state index in [0.29, 0.717) is 6.42 Å². The predicted octanol–water partition coefficient (Wildman–Crippen LogP) is 6.60. The fraction of sp³-hybridized carbons (Fsp3) is 0.308. The maximum absolute atomic E-state index is 13.2. The van der Waals surface area contributed by atoms with Gasteiger partial charge in [0.2, 0.25) is 0 Å². The molecule has 0 aliphatic carbocycles. The molecule has 0 bridgehead atoms. The third-order valence-corrected chi connectivity index (χ3v) is 7.64. The van der Waals surface area contributed by atoms with Crippen molar-refractivity contribution in [3.63, 3.8) is 0 Å². The van der Waals surface area contributed by atoms with Gasteiger partial charge in [0.1, 0.15) is 10.3 Å². The summed E-state index contributed by atoms with van der Waals surface area (Å²) < 4.78 is 22.6. The van der Waals surface area contributed by atoms with Crippen molar-refractivity contribution in [1.82, 2.24) is 14.9 Å². The van der Waals surface area contributed by atoms with Gasteiger partial charge in [-0.3, -0.25) is 0 Å². The number of halogens is 1. The molecule has 172 valence electrons. The molecule has 0 saturated heterocycles. The predicted molar refractivity (Wildman–Crippen MR) is 138 cm³/mol. The van der Waals surface area contributed by atoms with Crippen LogP contribution in [0.15, 0.2) is 63.7 Å². The van der Waals surface area contributed by atoms with Gasteiger partial charge in [0, 0.05) is 23.1 Å². The summed E-state index contributed by atoms with van der Waals surface area (Å²) in [5.74, 6) is 0. The minimum absolute atomic E-state index is 0.237. The molecule has 0 amide bonds. The number of hydrogen-bond donors (Lipinski definition) is 1. The molecule has 0 saturated carbocycles. The molecule has 2 heterocycles. The first-order valence-corrected chi connectivity index (χ1v) is 12.8. The Morgan fingerprint density at radius 2 is 1.85 bits per heavy atom. The summed E-state index contributed by atoms with van der Waals surface area (Å²) in [7, 11) is -1.27. The van der Waals surface area contributed by atoms with Crippen molar-refractivity contribution < 1.29 is 8.73 Å². The molecule has 1 N–H and O–H groups in total. The summed E-state index contributed by atoms with van der Waals surface area (Å²) in [5, 5.41) is 5.37. The molecule has 2 aromatic carbocycles. The molecule has 5 nitrogen and oxygen atoms in total. The van der Waals surface area contributed by atoms with Crippen molar-refractivity contribution in [2.24, 2.45) is 0 Å². The number of aryl methyl sites for hydroxylation is 2. The fourth-order valence-corrected chi connectivity index (χ4v) is 4.89. The third-order valence-electron chi connectivity index (χ3n) is 5.59. The molecule has 33 heavy (non-hydrogen) atoms. The van der Waals surface area contributed by atoms with E-state index in [1.54, 1.807) is 0 Å². The average Bonchev–Trinajstić information content (AvgIpc) is 3.18. The second-order valence-electron chi connectivity index (χ2n) is 9.27. The van der Waals surface area contributed by atoms with Crippen molar-refractivity contribution in [2.75, 3.05) is 0 Å². The van der Waals surface area contributed by atoms with E-state index in [2.05, 4.69) is 37.9 Å². The Morgan fingerprint density at radius 3 is 2.61 bits per heavy atom. The van der Waals surface area contributed by atoms with Crippen LogP contribution in [0, 0.1) is 13.8 Å². The number of nitrogens with zero attached hydrogens (tertiary/aromatic N) is 2. The number of fused-ring (bicyclic) bond motifs is 1. The lowest BCUT2D eigenvalue weighted by Gasteiger charge is -2.26. The standard InChI is InChI=1S/C26H28BrN3O2S/c1-16-10-12-20-23(14-16)32-29-25(20)19-9-7-6-8-18(19)22(30-33(31)26(3,4)5)15-21-17(2)11-13-24(27)28-21/h6-14,22,30H,15H2,1-5H3/t22-,33-/m0/s1. The first-order chi connectivity index (χ1) is 15.6. The van der Waals surface area contributed by atoms with Crippen molar-refractivity contribution in [1.29, 1.82) is 0 Å². The van der Waals surface area contributed by atoms with Crippen LogP contribution in [0.4, 0.5) is 0 Å². The van der Waals surface area contributed by atoms with E-state index < -0.39 is 15.7 Å². The van der Waals surface area contributed by atoms with Crippen LogP contribution in [0.25, 0.3) is 22.2 Å². The summed E-state index contributed by atoms with van der Waals surface area (Å²) in [6, 6.07) is 17.9. The first kappa shape index (κ1) is 23.8. The molecule has 7 heteroatoms. The Bertz CT molecular complexity index is 1330. The van der Waals surface area contributed by atoms with Crippen LogP contribution in [0.2, 0.25) is 0 Å². The van der Waals surface area contributed by atoms with E-state index in [-0.39, 0.29) is 6.04 Å². The summed E-state index contributed by atoms with van der Waals surface area (Å²) in [6.07, 6.45) is 0.582. The Balaban J connectivity index is 1.83. The number of hydrogen-bond acceptors (Lipinski definition) is 4. The minimum atomic E-state index is -1.27. The zero-order chi connectivity index (χ0) is 23.8. The van der Waals surface area contributed by atoms with Gasteiger partial charge in [-0.2, -0.15) is 0 Å². The number of benzene rings is 2. The highest BCUT2D eigenvalue weighted by molar-refractivity contribution is 9.10. The Morgan fingerprint density at radius 1 is 1.09 bits per heavy atom. The van der Waals surface area contributed by atoms with Crippen LogP contribution < -0.4 is 4.72 Å². The topological polar surface area (TPSA) is 68.0 Å². The summed E-state index contributed by atoms with van der Waals surface area (Å²) >= 11 is 3.49. The van der Waals surface area contributed by atoms with Gasteiger partial charge < -0.3 is 4.52 Å². The van der Waals surface area contributed by atoms with Crippen molar-refractivity contribution in [3.05, 3.63) is 81.6 Å². The molecule has 0 aliphatic rings. The zero-order valence-corrected chi connectivity index (χ0v) is 21.9. The molecule has 4 rings (SSSR count). The fourth-order valence-electron chi connectivity index (χ4n) is 3.72. The molecule has 0 radical (unpaired) electrons. The van der Waals surface area contributed by atoms with Crippen molar-refractivity contribution in [3.8, 4) is 11.3 Å². The van der Waals surface area contributed by atoms with Crippen molar-refractivity contribution in [2.45, 2.75) is 51.8 Å². The van der Waals surface area contributed by atoms with Crippen molar-refractivity contribution >= 4 is 37.9 Å². The molecule has 0 fully saturated rings. The summed E-state index contributed by atoms with van der Waals surface area (Å²) in [4.78, 5) is 4.70. The maximum atomic E-state index is 13.2. The first-order valence-electron chi connectivity index (χ1n) is 10.9. The van der Waals surface area contributed by atoms with Gasteiger partial charge in [0.05, 0.1) is 21.8 Å². The molecule has 0 aliphatic heterocycles. The number of nitrogens with one attached hydrogen (secondary N) is 1. The molecule has 0 unspecified atom stereocenters. The minimum Gasteiger partial charge on any atom is -0.356 e. The lowest BCUT2D eigenvalue weighted by molar-refractivity contribution is 0.459. The lowest BCUT2D eigenvalue weighted by Crippen LogP contribution is -2.37. The van der Waals surface area contributed by atoms with Crippen LogP contribution in [0.3, 0.4) is 0 Å². The van der Waals surface area contributed by atoms with E-state index in [9.17, 15) is 4.21 Å². The molecule has 2 atom stereocenters. The molecule has 4 aromatic rings. The highest BCUT2D eigenvalue weighted by Crippen LogP contribution is 2.35. The van der Waals surface area contributed by atoms with E-state index in [4.69, 9.17) is 9.51 Å². The van der Waals surface area contributed by atoms with Gasteiger partial charge in [0.25, 0.3) is 0 Å². The van der Waals surface area contributed by atoms with Gasteiger partial charge in [-0.15, -0.1) is 0 Å². The Kier molecular flexibility index (Phi) is 6.84. The summed E-state index contributed by atoms with van der Waals surface area (Å²) in [6.45, 7) is 9.98. The smallest absolute Gasteiger partial charge is 0.167 e. The van der Waals surface area contributed by atoms with Crippen LogP contribution in [0.1, 0.15) is 49.2 Å². The molecule has 0 spiro atoms. The largest absolute Gasteiger partial charge is 0.356 e. The highest BCUT2D eigenvalue weighted by atomic mass is 79.9. The van der Waals surface area contributed by atoms with E-state index >= 15 is 0 Å². The number of rotatable bonds is 6. The van der Waals surface area contributed by atoms with Crippen LogP contribution in [0.5, 0.6) is 0 Å². The van der Waals surface area contributed by atoms with E-state index in [0.717, 1.165) is 49.2 Å². The maximum Gasteiger partial charge on any atom is 0.167 e.